The van der Waals surface area contributed by atoms with Crippen molar-refractivity contribution in [2.24, 2.45) is 5.73 Å². The lowest BCUT2D eigenvalue weighted by Crippen LogP contribution is -2.13. The van der Waals surface area contributed by atoms with Crippen molar-refractivity contribution < 1.29 is 0 Å². The second-order valence-electron chi connectivity index (χ2n) is 3.24. The van der Waals surface area contributed by atoms with Crippen molar-refractivity contribution in [1.29, 1.82) is 0 Å². The number of fused-ring (bicyclic) bond motifs is 1. The van der Waals surface area contributed by atoms with Crippen LogP contribution in [0.2, 0.25) is 0 Å². The average Bonchev–Trinajstić information content (AvgIpc) is 2.61. The van der Waals surface area contributed by atoms with Crippen LogP contribution < -0.4 is 5.73 Å². The molecule has 74 valence electrons. The van der Waals surface area contributed by atoms with E-state index in [2.05, 4.69) is 22.1 Å². The fourth-order valence-corrected chi connectivity index (χ4v) is 1.45. The predicted octanol–water partition coefficient (Wildman–Crippen LogP) is 0.924. The first-order valence-corrected chi connectivity index (χ1v) is 4.74. The molecule has 2 aromatic rings. The first-order valence-electron chi connectivity index (χ1n) is 4.74. The van der Waals surface area contributed by atoms with Crippen molar-refractivity contribution in [3.8, 4) is 0 Å². The van der Waals surface area contributed by atoms with Gasteiger partial charge in [-0.05, 0) is 12.5 Å². The number of hydrogen-bond acceptors (Lipinski definition) is 4. The van der Waals surface area contributed by atoms with Gasteiger partial charge in [-0.3, -0.25) is 4.40 Å². The molecule has 0 radical (unpaired) electrons. The molecule has 0 saturated heterocycles. The molecule has 0 amide bonds. The lowest BCUT2D eigenvalue weighted by atomic mass is 10.2. The molecule has 2 N–H and O–H groups in total. The number of aromatic nitrogens is 4. The highest BCUT2D eigenvalue weighted by Crippen LogP contribution is 2.13. The van der Waals surface area contributed by atoms with E-state index in [1.165, 1.54) is 0 Å². The van der Waals surface area contributed by atoms with Gasteiger partial charge in [0.1, 0.15) is 0 Å². The standard InChI is InChI=1S/C9H13N5/c1-2-4-7(10)8-12-13-9-11-5-3-6-14(8)9/h3,5-7H,2,4,10H2,1H3. The highest BCUT2D eigenvalue weighted by molar-refractivity contribution is 5.26. The Labute approximate surface area is 82.0 Å². The smallest absolute Gasteiger partial charge is 0.254 e. The lowest BCUT2D eigenvalue weighted by molar-refractivity contribution is 0.595. The number of rotatable bonds is 3. The SMILES string of the molecule is CCCC(N)c1nnc2ncccn12. The predicted molar refractivity (Wildman–Crippen MR) is 52.6 cm³/mol. The third-order valence-corrected chi connectivity index (χ3v) is 2.15. The van der Waals surface area contributed by atoms with Gasteiger partial charge in [0.2, 0.25) is 0 Å². The summed E-state index contributed by atoms with van der Waals surface area (Å²) in [6, 6.07) is 1.79. The van der Waals surface area contributed by atoms with E-state index in [0.717, 1.165) is 18.7 Å². The first-order chi connectivity index (χ1) is 6.83. The minimum absolute atomic E-state index is 0.0563. The molecule has 0 spiro atoms. The van der Waals surface area contributed by atoms with Gasteiger partial charge in [-0.25, -0.2) is 4.98 Å². The van der Waals surface area contributed by atoms with Crippen LogP contribution in [0.25, 0.3) is 5.78 Å². The van der Waals surface area contributed by atoms with E-state index in [-0.39, 0.29) is 6.04 Å². The van der Waals surface area contributed by atoms with Crippen molar-refractivity contribution in [3.63, 3.8) is 0 Å². The highest BCUT2D eigenvalue weighted by Gasteiger charge is 2.12. The quantitative estimate of drug-likeness (QED) is 0.783. The average molecular weight is 191 g/mol. The molecule has 5 heteroatoms. The van der Waals surface area contributed by atoms with E-state index in [4.69, 9.17) is 5.73 Å². The second-order valence-corrected chi connectivity index (χ2v) is 3.24. The molecule has 1 atom stereocenters. The summed E-state index contributed by atoms with van der Waals surface area (Å²) >= 11 is 0. The lowest BCUT2D eigenvalue weighted by Gasteiger charge is -2.06. The van der Waals surface area contributed by atoms with Gasteiger partial charge in [-0.2, -0.15) is 0 Å². The molecule has 0 aliphatic carbocycles. The first kappa shape index (κ1) is 9.08. The molecule has 2 aromatic heterocycles. The maximum atomic E-state index is 5.96. The van der Waals surface area contributed by atoms with Crippen LogP contribution in [-0.2, 0) is 0 Å². The second kappa shape index (κ2) is 3.71. The normalized spacial score (nSPS) is 13.3. The summed E-state index contributed by atoms with van der Waals surface area (Å²) in [4.78, 5) is 4.08. The molecule has 0 bridgehead atoms. The van der Waals surface area contributed by atoms with Gasteiger partial charge in [-0.15, -0.1) is 10.2 Å². The molecule has 0 aliphatic rings. The van der Waals surface area contributed by atoms with Gasteiger partial charge in [-0.1, -0.05) is 13.3 Å². The van der Waals surface area contributed by atoms with E-state index in [0.29, 0.717) is 5.78 Å². The van der Waals surface area contributed by atoms with Crippen LogP contribution in [0.1, 0.15) is 31.6 Å². The molecule has 2 heterocycles. The van der Waals surface area contributed by atoms with Crippen molar-refractivity contribution in [3.05, 3.63) is 24.3 Å². The molecule has 1 unspecified atom stereocenters. The maximum Gasteiger partial charge on any atom is 0.254 e. The minimum atomic E-state index is -0.0563. The zero-order valence-electron chi connectivity index (χ0n) is 8.09. The number of nitrogens with two attached hydrogens (primary N) is 1. The topological polar surface area (TPSA) is 69.1 Å². The summed E-state index contributed by atoms with van der Waals surface area (Å²) in [5, 5.41) is 7.98. The zero-order valence-corrected chi connectivity index (χ0v) is 8.09. The Morgan fingerprint density at radius 2 is 2.36 bits per heavy atom. The van der Waals surface area contributed by atoms with Crippen molar-refractivity contribution in [2.45, 2.75) is 25.8 Å². The Morgan fingerprint density at radius 1 is 1.50 bits per heavy atom. The largest absolute Gasteiger partial charge is 0.321 e. The van der Waals surface area contributed by atoms with Crippen LogP contribution in [0.3, 0.4) is 0 Å². The molecule has 0 saturated carbocycles. The Hall–Kier alpha value is -1.49. The number of hydrogen-bond donors (Lipinski definition) is 1. The Kier molecular flexibility index (Phi) is 2.41. The summed E-state index contributed by atoms with van der Waals surface area (Å²) in [6.07, 6.45) is 5.53. The van der Waals surface area contributed by atoms with E-state index in [9.17, 15) is 0 Å². The third kappa shape index (κ3) is 1.46. The van der Waals surface area contributed by atoms with Gasteiger partial charge in [0.25, 0.3) is 5.78 Å². The van der Waals surface area contributed by atoms with Gasteiger partial charge < -0.3 is 5.73 Å². The zero-order chi connectivity index (χ0) is 9.97. The van der Waals surface area contributed by atoms with Crippen LogP contribution in [0.15, 0.2) is 18.5 Å². The summed E-state index contributed by atoms with van der Waals surface area (Å²) in [5.41, 5.74) is 5.96. The van der Waals surface area contributed by atoms with Gasteiger partial charge in [0.05, 0.1) is 6.04 Å². The fraction of sp³-hybridized carbons (Fsp3) is 0.444. The van der Waals surface area contributed by atoms with E-state index < -0.39 is 0 Å². The van der Waals surface area contributed by atoms with Crippen LogP contribution in [0.4, 0.5) is 0 Å². The van der Waals surface area contributed by atoms with Crippen molar-refractivity contribution >= 4 is 5.78 Å². The van der Waals surface area contributed by atoms with Crippen LogP contribution >= 0.6 is 0 Å². The van der Waals surface area contributed by atoms with Gasteiger partial charge in [0, 0.05) is 12.4 Å². The summed E-state index contributed by atoms with van der Waals surface area (Å²) < 4.78 is 1.83. The Bertz CT molecular complexity index is 422. The number of nitrogens with zero attached hydrogens (tertiary/aromatic N) is 4. The van der Waals surface area contributed by atoms with Gasteiger partial charge in [0.15, 0.2) is 5.82 Å². The van der Waals surface area contributed by atoms with Crippen LogP contribution in [-0.4, -0.2) is 19.6 Å². The minimum Gasteiger partial charge on any atom is -0.321 e. The van der Waals surface area contributed by atoms with E-state index in [1.807, 2.05) is 16.7 Å². The molecular formula is C9H13N5. The molecular weight excluding hydrogens is 178 g/mol. The molecule has 2 rings (SSSR count). The third-order valence-electron chi connectivity index (χ3n) is 2.15. The van der Waals surface area contributed by atoms with Crippen molar-refractivity contribution in [2.75, 3.05) is 0 Å². The molecule has 0 fully saturated rings. The molecule has 0 aromatic carbocycles. The highest BCUT2D eigenvalue weighted by atomic mass is 15.3. The molecule has 0 aliphatic heterocycles. The molecule has 14 heavy (non-hydrogen) atoms. The Balaban J connectivity index is 2.42. The maximum absolute atomic E-state index is 5.96. The van der Waals surface area contributed by atoms with Crippen LogP contribution in [0, 0.1) is 0 Å². The van der Waals surface area contributed by atoms with E-state index >= 15 is 0 Å². The summed E-state index contributed by atoms with van der Waals surface area (Å²) in [6.45, 7) is 2.10. The Morgan fingerprint density at radius 3 is 3.14 bits per heavy atom. The summed E-state index contributed by atoms with van der Waals surface area (Å²) in [7, 11) is 0. The molecule has 5 nitrogen and oxygen atoms in total. The fourth-order valence-electron chi connectivity index (χ4n) is 1.45. The monoisotopic (exact) mass is 191 g/mol. The summed E-state index contributed by atoms with van der Waals surface area (Å²) in [5.74, 6) is 1.39. The van der Waals surface area contributed by atoms with Gasteiger partial charge >= 0.3 is 0 Å². The van der Waals surface area contributed by atoms with Crippen molar-refractivity contribution in [1.82, 2.24) is 19.6 Å². The van der Waals surface area contributed by atoms with Crippen LogP contribution in [0.5, 0.6) is 0 Å². The van der Waals surface area contributed by atoms with E-state index in [1.54, 1.807) is 6.20 Å².